The average Bonchev–Trinajstić information content (AvgIpc) is 3.11. The van der Waals surface area contributed by atoms with Gasteiger partial charge in [0.25, 0.3) is 0 Å². The van der Waals surface area contributed by atoms with Crippen molar-refractivity contribution in [3.05, 3.63) is 46.6 Å². The van der Waals surface area contributed by atoms with Crippen molar-refractivity contribution in [2.75, 3.05) is 6.54 Å². The van der Waals surface area contributed by atoms with Crippen LogP contribution in [0, 0.1) is 0 Å². The van der Waals surface area contributed by atoms with Crippen molar-refractivity contribution in [3.8, 4) is 0 Å². The zero-order valence-corrected chi connectivity index (χ0v) is 13.3. The SMILES string of the molecule is CCn1ncnc1CN1CCc2[nH]c3ccc(Cl)cc3c2C1. The molecule has 0 spiro atoms. The van der Waals surface area contributed by atoms with Gasteiger partial charge in [0, 0.05) is 47.7 Å². The Morgan fingerprint density at radius 1 is 1.36 bits per heavy atom. The van der Waals surface area contributed by atoms with E-state index in [2.05, 4.69) is 39.0 Å². The summed E-state index contributed by atoms with van der Waals surface area (Å²) >= 11 is 6.16. The predicted octanol–water partition coefficient (Wildman–Crippen LogP) is 2.99. The molecule has 5 nitrogen and oxygen atoms in total. The van der Waals surface area contributed by atoms with Gasteiger partial charge in [-0.1, -0.05) is 11.6 Å². The third kappa shape index (κ3) is 2.30. The molecule has 3 heterocycles. The Morgan fingerprint density at radius 3 is 3.14 bits per heavy atom. The van der Waals surface area contributed by atoms with E-state index in [-0.39, 0.29) is 0 Å². The van der Waals surface area contributed by atoms with E-state index in [0.29, 0.717) is 0 Å². The maximum Gasteiger partial charge on any atom is 0.141 e. The standard InChI is InChI=1S/C16H18ClN5/c1-2-22-16(18-10-19-22)9-21-6-5-15-13(8-21)12-7-11(17)3-4-14(12)20-15/h3-4,7,10,20H,2,5-6,8-9H2,1H3. The molecule has 3 aromatic rings. The molecule has 1 aromatic carbocycles. The van der Waals surface area contributed by atoms with E-state index >= 15 is 0 Å². The number of nitrogens with one attached hydrogen (secondary N) is 1. The van der Waals surface area contributed by atoms with Gasteiger partial charge in [0.15, 0.2) is 0 Å². The third-order valence-corrected chi connectivity index (χ3v) is 4.61. The van der Waals surface area contributed by atoms with Crippen LogP contribution < -0.4 is 0 Å². The number of H-pyrrole nitrogens is 1. The Hall–Kier alpha value is -1.85. The molecule has 22 heavy (non-hydrogen) atoms. The van der Waals surface area contributed by atoms with Crippen molar-refractivity contribution in [2.45, 2.75) is 33.0 Å². The molecule has 1 aliphatic rings. The molecule has 0 fully saturated rings. The second kappa shape index (κ2) is 5.41. The minimum absolute atomic E-state index is 0.789. The Bertz CT molecular complexity index is 819. The van der Waals surface area contributed by atoms with Gasteiger partial charge < -0.3 is 4.98 Å². The maximum atomic E-state index is 6.16. The summed E-state index contributed by atoms with van der Waals surface area (Å²) in [6, 6.07) is 6.06. The minimum atomic E-state index is 0.789. The minimum Gasteiger partial charge on any atom is -0.358 e. The van der Waals surface area contributed by atoms with Crippen LogP contribution in [0.1, 0.15) is 24.0 Å². The van der Waals surface area contributed by atoms with Crippen molar-refractivity contribution in [2.24, 2.45) is 0 Å². The van der Waals surface area contributed by atoms with Gasteiger partial charge in [0.05, 0.1) is 6.54 Å². The fraction of sp³-hybridized carbons (Fsp3) is 0.375. The van der Waals surface area contributed by atoms with E-state index in [1.54, 1.807) is 6.33 Å². The van der Waals surface area contributed by atoms with Crippen LogP contribution in [0.2, 0.25) is 5.02 Å². The van der Waals surface area contributed by atoms with Crippen LogP contribution in [-0.2, 0) is 26.1 Å². The molecule has 0 saturated carbocycles. The van der Waals surface area contributed by atoms with E-state index in [0.717, 1.165) is 43.4 Å². The molecule has 2 aromatic heterocycles. The first-order valence-corrected chi connectivity index (χ1v) is 8.00. The van der Waals surface area contributed by atoms with Crippen LogP contribution in [0.15, 0.2) is 24.5 Å². The van der Waals surface area contributed by atoms with Crippen LogP contribution in [0.3, 0.4) is 0 Å². The summed E-state index contributed by atoms with van der Waals surface area (Å²) in [5, 5.41) is 6.28. The number of halogens is 1. The lowest BCUT2D eigenvalue weighted by Crippen LogP contribution is -2.31. The van der Waals surface area contributed by atoms with Crippen molar-refractivity contribution >= 4 is 22.5 Å². The zero-order valence-electron chi connectivity index (χ0n) is 12.5. The number of hydrogen-bond donors (Lipinski definition) is 1. The Kier molecular flexibility index (Phi) is 3.39. The summed E-state index contributed by atoms with van der Waals surface area (Å²) in [4.78, 5) is 10.3. The maximum absolute atomic E-state index is 6.16. The molecule has 114 valence electrons. The van der Waals surface area contributed by atoms with Crippen LogP contribution in [0.25, 0.3) is 10.9 Å². The van der Waals surface area contributed by atoms with Crippen LogP contribution in [0.4, 0.5) is 0 Å². The topological polar surface area (TPSA) is 49.7 Å². The van der Waals surface area contributed by atoms with Crippen molar-refractivity contribution in [3.63, 3.8) is 0 Å². The highest BCUT2D eigenvalue weighted by Gasteiger charge is 2.22. The van der Waals surface area contributed by atoms with Gasteiger partial charge in [-0.05, 0) is 30.7 Å². The molecule has 0 bridgehead atoms. The van der Waals surface area contributed by atoms with E-state index < -0.39 is 0 Å². The van der Waals surface area contributed by atoms with Gasteiger partial charge >= 0.3 is 0 Å². The van der Waals surface area contributed by atoms with Crippen LogP contribution in [0.5, 0.6) is 0 Å². The molecule has 6 heteroatoms. The molecule has 4 rings (SSSR count). The van der Waals surface area contributed by atoms with E-state index in [4.69, 9.17) is 11.6 Å². The number of nitrogens with zero attached hydrogens (tertiary/aromatic N) is 4. The Balaban J connectivity index is 1.63. The summed E-state index contributed by atoms with van der Waals surface area (Å²) < 4.78 is 1.96. The summed E-state index contributed by atoms with van der Waals surface area (Å²) in [7, 11) is 0. The number of hydrogen-bond acceptors (Lipinski definition) is 3. The van der Waals surface area contributed by atoms with Crippen LogP contribution in [-0.4, -0.2) is 31.2 Å². The van der Waals surface area contributed by atoms with E-state index in [1.165, 1.54) is 22.2 Å². The van der Waals surface area contributed by atoms with Gasteiger partial charge in [0.2, 0.25) is 0 Å². The first kappa shape index (κ1) is 13.8. The van der Waals surface area contributed by atoms with Gasteiger partial charge in [0.1, 0.15) is 12.2 Å². The van der Waals surface area contributed by atoms with Gasteiger partial charge in [-0.3, -0.25) is 4.90 Å². The largest absolute Gasteiger partial charge is 0.358 e. The summed E-state index contributed by atoms with van der Waals surface area (Å²) in [6.45, 7) is 5.74. The van der Waals surface area contributed by atoms with Crippen molar-refractivity contribution < 1.29 is 0 Å². The molecule has 0 saturated heterocycles. The second-order valence-electron chi connectivity index (χ2n) is 5.72. The van der Waals surface area contributed by atoms with Crippen LogP contribution >= 0.6 is 11.6 Å². The quantitative estimate of drug-likeness (QED) is 0.808. The van der Waals surface area contributed by atoms with Crippen molar-refractivity contribution in [1.29, 1.82) is 0 Å². The average molecular weight is 316 g/mol. The molecule has 0 atom stereocenters. The molecule has 0 aliphatic carbocycles. The lowest BCUT2D eigenvalue weighted by Gasteiger charge is -2.26. The number of benzene rings is 1. The van der Waals surface area contributed by atoms with Crippen molar-refractivity contribution in [1.82, 2.24) is 24.6 Å². The first-order chi connectivity index (χ1) is 10.7. The summed E-state index contributed by atoms with van der Waals surface area (Å²) in [5.41, 5.74) is 3.88. The molecule has 1 N–H and O–H groups in total. The fourth-order valence-corrected chi connectivity index (χ4v) is 3.42. The molecular formula is C16H18ClN5. The predicted molar refractivity (Wildman–Crippen MR) is 86.8 cm³/mol. The molecule has 0 radical (unpaired) electrons. The zero-order chi connectivity index (χ0) is 15.1. The Morgan fingerprint density at radius 2 is 2.27 bits per heavy atom. The highest BCUT2D eigenvalue weighted by atomic mass is 35.5. The summed E-state index contributed by atoms with van der Waals surface area (Å²) in [6.07, 6.45) is 2.67. The number of fused-ring (bicyclic) bond motifs is 3. The number of aryl methyl sites for hydroxylation is 1. The lowest BCUT2D eigenvalue weighted by molar-refractivity contribution is 0.235. The van der Waals surface area contributed by atoms with E-state index in [9.17, 15) is 0 Å². The molecule has 0 amide bonds. The smallest absolute Gasteiger partial charge is 0.141 e. The highest BCUT2D eigenvalue weighted by Crippen LogP contribution is 2.30. The molecule has 1 aliphatic heterocycles. The van der Waals surface area contributed by atoms with Gasteiger partial charge in [-0.25, -0.2) is 9.67 Å². The van der Waals surface area contributed by atoms with Gasteiger partial charge in [-0.2, -0.15) is 5.10 Å². The third-order valence-electron chi connectivity index (χ3n) is 4.38. The van der Waals surface area contributed by atoms with E-state index in [1.807, 2.05) is 10.7 Å². The molecular weight excluding hydrogens is 298 g/mol. The number of aromatic amines is 1. The number of rotatable bonds is 3. The Labute approximate surface area is 133 Å². The first-order valence-electron chi connectivity index (χ1n) is 7.62. The second-order valence-corrected chi connectivity index (χ2v) is 6.16. The number of aromatic nitrogens is 4. The normalized spacial score (nSPS) is 15.4. The molecule has 0 unspecified atom stereocenters. The highest BCUT2D eigenvalue weighted by molar-refractivity contribution is 6.31. The monoisotopic (exact) mass is 315 g/mol. The fourth-order valence-electron chi connectivity index (χ4n) is 3.25. The van der Waals surface area contributed by atoms with Gasteiger partial charge in [-0.15, -0.1) is 0 Å². The lowest BCUT2D eigenvalue weighted by atomic mass is 10.0. The summed E-state index contributed by atoms with van der Waals surface area (Å²) in [5.74, 6) is 1.03.